The first-order chi connectivity index (χ1) is 9.63. The number of likely N-dealkylation sites (tertiary alicyclic amines) is 1. The average Bonchev–Trinajstić information content (AvgIpc) is 2.49. The molecule has 1 aromatic carbocycles. The predicted octanol–water partition coefficient (Wildman–Crippen LogP) is 1.54. The molecule has 3 unspecified atom stereocenters. The minimum Gasteiger partial charge on any atom is -0.387 e. The fourth-order valence-electron chi connectivity index (χ4n) is 2.80. The van der Waals surface area contributed by atoms with Crippen LogP contribution in [0, 0.1) is 5.92 Å². The van der Waals surface area contributed by atoms with Gasteiger partial charge in [0, 0.05) is 26.7 Å². The molecule has 20 heavy (non-hydrogen) atoms. The van der Waals surface area contributed by atoms with Gasteiger partial charge in [0.25, 0.3) is 0 Å². The van der Waals surface area contributed by atoms with Gasteiger partial charge >= 0.3 is 0 Å². The summed E-state index contributed by atoms with van der Waals surface area (Å²) in [6.07, 6.45) is 0.945. The van der Waals surface area contributed by atoms with Gasteiger partial charge in [-0.3, -0.25) is 4.90 Å². The van der Waals surface area contributed by atoms with Crippen LogP contribution in [0.4, 0.5) is 0 Å². The maximum absolute atomic E-state index is 10.3. The number of methoxy groups -OCH3 is 1. The van der Waals surface area contributed by atoms with Crippen molar-refractivity contribution in [3.63, 3.8) is 0 Å². The van der Waals surface area contributed by atoms with E-state index in [0.29, 0.717) is 19.0 Å². The molecule has 1 fully saturated rings. The van der Waals surface area contributed by atoms with Crippen molar-refractivity contribution in [2.45, 2.75) is 32.1 Å². The molecule has 1 saturated heterocycles. The first kappa shape index (κ1) is 15.4. The minimum absolute atomic E-state index is 0.274. The molecule has 112 valence electrons. The third-order valence-electron chi connectivity index (χ3n) is 4.31. The standard InChI is InChI=1S/C16H26N2O2/c1-12-7-8-18(11-16(12)20-2)10-15(19)14-5-3-13(9-17)4-6-14/h3-6,12,15-16,19H,7-11,17H2,1-2H3. The average molecular weight is 278 g/mol. The number of aliphatic hydroxyl groups is 1. The Bertz CT molecular complexity index is 407. The first-order valence-corrected chi connectivity index (χ1v) is 7.36. The molecule has 0 amide bonds. The highest BCUT2D eigenvalue weighted by atomic mass is 16.5. The molecule has 1 aliphatic heterocycles. The first-order valence-electron chi connectivity index (χ1n) is 7.36. The second-order valence-corrected chi connectivity index (χ2v) is 5.76. The summed E-state index contributed by atoms with van der Waals surface area (Å²) in [7, 11) is 1.77. The van der Waals surface area contributed by atoms with E-state index in [0.717, 1.165) is 30.6 Å². The molecule has 0 bridgehead atoms. The summed E-state index contributed by atoms with van der Waals surface area (Å²) in [6.45, 7) is 5.35. The molecule has 0 saturated carbocycles. The van der Waals surface area contributed by atoms with E-state index in [1.54, 1.807) is 7.11 Å². The van der Waals surface area contributed by atoms with Crippen molar-refractivity contribution in [3.05, 3.63) is 35.4 Å². The lowest BCUT2D eigenvalue weighted by atomic mass is 9.95. The van der Waals surface area contributed by atoms with E-state index in [9.17, 15) is 5.11 Å². The van der Waals surface area contributed by atoms with Crippen molar-refractivity contribution >= 4 is 0 Å². The molecule has 1 heterocycles. The molecule has 0 aliphatic carbocycles. The molecule has 0 spiro atoms. The number of β-amino-alcohol motifs (C(OH)–C–C–N with tert-alkyl or cyclic N) is 1. The van der Waals surface area contributed by atoms with Crippen molar-refractivity contribution in [2.75, 3.05) is 26.7 Å². The highest BCUT2D eigenvalue weighted by Crippen LogP contribution is 2.22. The van der Waals surface area contributed by atoms with E-state index >= 15 is 0 Å². The Morgan fingerprint density at radius 2 is 2.10 bits per heavy atom. The van der Waals surface area contributed by atoms with E-state index in [-0.39, 0.29) is 6.10 Å². The van der Waals surface area contributed by atoms with Gasteiger partial charge in [-0.05, 0) is 30.0 Å². The largest absolute Gasteiger partial charge is 0.387 e. The van der Waals surface area contributed by atoms with E-state index in [1.165, 1.54) is 0 Å². The van der Waals surface area contributed by atoms with Gasteiger partial charge in [-0.2, -0.15) is 0 Å². The van der Waals surface area contributed by atoms with Crippen LogP contribution in [0.15, 0.2) is 24.3 Å². The van der Waals surface area contributed by atoms with Crippen LogP contribution in [0.25, 0.3) is 0 Å². The van der Waals surface area contributed by atoms with Crippen LogP contribution < -0.4 is 5.73 Å². The van der Waals surface area contributed by atoms with Gasteiger partial charge in [0.15, 0.2) is 0 Å². The molecule has 1 aromatic rings. The summed E-state index contributed by atoms with van der Waals surface area (Å²) in [5.74, 6) is 0.595. The van der Waals surface area contributed by atoms with Crippen molar-refractivity contribution in [1.29, 1.82) is 0 Å². The van der Waals surface area contributed by atoms with Crippen LogP contribution >= 0.6 is 0 Å². The highest BCUT2D eigenvalue weighted by Gasteiger charge is 2.27. The molecule has 3 atom stereocenters. The van der Waals surface area contributed by atoms with Gasteiger partial charge in [0.05, 0.1) is 12.2 Å². The van der Waals surface area contributed by atoms with Crippen LogP contribution in [0.1, 0.15) is 30.6 Å². The zero-order chi connectivity index (χ0) is 14.5. The fourth-order valence-corrected chi connectivity index (χ4v) is 2.80. The summed E-state index contributed by atoms with van der Waals surface area (Å²) in [5, 5.41) is 10.3. The lowest BCUT2D eigenvalue weighted by Crippen LogP contribution is -2.45. The summed E-state index contributed by atoms with van der Waals surface area (Å²) in [6, 6.07) is 7.89. The second kappa shape index (κ2) is 7.18. The van der Waals surface area contributed by atoms with Gasteiger partial charge in [-0.15, -0.1) is 0 Å². The van der Waals surface area contributed by atoms with Gasteiger partial charge < -0.3 is 15.6 Å². The second-order valence-electron chi connectivity index (χ2n) is 5.76. The van der Waals surface area contributed by atoms with Crippen molar-refractivity contribution in [1.82, 2.24) is 4.90 Å². The normalized spacial score (nSPS) is 25.6. The monoisotopic (exact) mass is 278 g/mol. The number of piperidine rings is 1. The van der Waals surface area contributed by atoms with Gasteiger partial charge in [0.2, 0.25) is 0 Å². The van der Waals surface area contributed by atoms with E-state index < -0.39 is 6.10 Å². The number of hydrogen-bond acceptors (Lipinski definition) is 4. The molecule has 4 nitrogen and oxygen atoms in total. The number of benzene rings is 1. The van der Waals surface area contributed by atoms with Gasteiger partial charge in [0.1, 0.15) is 0 Å². The molecule has 0 aromatic heterocycles. The molecule has 1 aliphatic rings. The quantitative estimate of drug-likeness (QED) is 0.857. The predicted molar refractivity (Wildman–Crippen MR) is 80.3 cm³/mol. The van der Waals surface area contributed by atoms with E-state index in [1.807, 2.05) is 24.3 Å². The maximum Gasteiger partial charge on any atom is 0.0916 e. The van der Waals surface area contributed by atoms with Crippen molar-refractivity contribution in [3.8, 4) is 0 Å². The molecule has 0 radical (unpaired) electrons. The Balaban J connectivity index is 1.91. The Hall–Kier alpha value is -0.940. The third kappa shape index (κ3) is 3.79. The summed E-state index contributed by atoms with van der Waals surface area (Å²) < 4.78 is 5.51. The zero-order valence-electron chi connectivity index (χ0n) is 12.5. The zero-order valence-corrected chi connectivity index (χ0v) is 12.5. The van der Waals surface area contributed by atoms with Crippen LogP contribution in [0.3, 0.4) is 0 Å². The fraction of sp³-hybridized carbons (Fsp3) is 0.625. The van der Waals surface area contributed by atoms with Crippen molar-refractivity contribution in [2.24, 2.45) is 11.7 Å². The molecule has 3 N–H and O–H groups in total. The molecular formula is C16H26N2O2. The van der Waals surface area contributed by atoms with Gasteiger partial charge in [-0.25, -0.2) is 0 Å². The topological polar surface area (TPSA) is 58.7 Å². The SMILES string of the molecule is COC1CN(CC(O)c2ccc(CN)cc2)CCC1C. The lowest BCUT2D eigenvalue weighted by molar-refractivity contribution is -0.0180. The summed E-state index contributed by atoms with van der Waals surface area (Å²) >= 11 is 0. The lowest BCUT2D eigenvalue weighted by Gasteiger charge is -2.37. The highest BCUT2D eigenvalue weighted by molar-refractivity contribution is 5.24. The Labute approximate surface area is 121 Å². The molecule has 2 rings (SSSR count). The molecule has 4 heteroatoms. The Morgan fingerprint density at radius 1 is 1.40 bits per heavy atom. The third-order valence-corrected chi connectivity index (χ3v) is 4.31. The number of nitrogens with two attached hydrogens (primary N) is 1. The van der Waals surface area contributed by atoms with Crippen LogP contribution in [-0.2, 0) is 11.3 Å². The number of aliphatic hydroxyl groups excluding tert-OH is 1. The number of nitrogens with zero attached hydrogens (tertiary/aromatic N) is 1. The number of hydrogen-bond donors (Lipinski definition) is 2. The Morgan fingerprint density at radius 3 is 2.70 bits per heavy atom. The van der Waals surface area contributed by atoms with Crippen LogP contribution in [0.2, 0.25) is 0 Å². The van der Waals surface area contributed by atoms with Crippen molar-refractivity contribution < 1.29 is 9.84 Å². The van der Waals surface area contributed by atoms with E-state index in [2.05, 4.69) is 11.8 Å². The summed E-state index contributed by atoms with van der Waals surface area (Å²) in [4.78, 5) is 2.29. The smallest absolute Gasteiger partial charge is 0.0916 e. The van der Waals surface area contributed by atoms with Crippen LogP contribution in [-0.4, -0.2) is 42.9 Å². The Kier molecular flexibility index (Phi) is 5.54. The summed E-state index contributed by atoms with van der Waals surface area (Å²) in [5.41, 5.74) is 7.63. The molecular weight excluding hydrogens is 252 g/mol. The minimum atomic E-state index is -0.451. The van der Waals surface area contributed by atoms with Crippen LogP contribution in [0.5, 0.6) is 0 Å². The van der Waals surface area contributed by atoms with E-state index in [4.69, 9.17) is 10.5 Å². The van der Waals surface area contributed by atoms with Gasteiger partial charge in [-0.1, -0.05) is 31.2 Å². The maximum atomic E-state index is 10.3. The number of rotatable bonds is 5. The number of ether oxygens (including phenoxy) is 1.